The average Bonchev–Trinajstić information content (AvgIpc) is 3.65. The molecule has 9 nitrogen and oxygen atoms in total. The zero-order valence-electron chi connectivity index (χ0n) is 22.8. The Kier molecular flexibility index (Phi) is 6.68. The van der Waals surface area contributed by atoms with E-state index in [2.05, 4.69) is 25.5 Å². The quantitative estimate of drug-likeness (QED) is 0.288. The highest BCUT2D eigenvalue weighted by atomic mass is 19.3. The van der Waals surface area contributed by atoms with Crippen molar-refractivity contribution in [1.29, 1.82) is 0 Å². The van der Waals surface area contributed by atoms with E-state index >= 15 is 0 Å². The standard InChI is InChI=1S/C30H26F4N8O/c31-23-2-1-3-24(32)22(23)14-40-13-19(4-7-27(40)29(43)41-16-30(33,34)17-41)26-15-42(39-37-26)20-5-6-25-21(12-20)28(38-36-25)18-8-10-35-11-9-18/h1-3,5-6,8-12,15,19,27H,4,7,13-14,16-17H2,(H,36,38)/t19-,27+/m0/s1. The lowest BCUT2D eigenvalue weighted by Crippen LogP contribution is -2.63. The zero-order chi connectivity index (χ0) is 29.7. The fraction of sp³-hybridized carbons (Fsp3) is 0.300. The second-order valence-electron chi connectivity index (χ2n) is 11.1. The number of aromatic nitrogens is 6. The normalized spacial score (nSPS) is 20.3. The number of nitrogens with zero attached hydrogens (tertiary/aromatic N) is 7. The summed E-state index contributed by atoms with van der Waals surface area (Å²) >= 11 is 0. The summed E-state index contributed by atoms with van der Waals surface area (Å²) in [5.41, 5.74) is 3.79. The van der Waals surface area contributed by atoms with Gasteiger partial charge in [0.1, 0.15) is 17.3 Å². The summed E-state index contributed by atoms with van der Waals surface area (Å²) in [6, 6.07) is 12.3. The fourth-order valence-corrected chi connectivity index (χ4v) is 5.97. The molecule has 5 heterocycles. The molecule has 0 bridgehead atoms. The molecule has 2 aliphatic rings. The van der Waals surface area contributed by atoms with Gasteiger partial charge in [-0.1, -0.05) is 11.3 Å². The van der Waals surface area contributed by atoms with Crippen LogP contribution in [0.2, 0.25) is 0 Å². The highest BCUT2D eigenvalue weighted by Crippen LogP contribution is 2.35. The molecule has 1 N–H and O–H groups in total. The van der Waals surface area contributed by atoms with E-state index < -0.39 is 42.6 Å². The van der Waals surface area contributed by atoms with Gasteiger partial charge in [0.05, 0.1) is 42.2 Å². The maximum absolute atomic E-state index is 14.6. The predicted octanol–water partition coefficient (Wildman–Crippen LogP) is 4.71. The lowest BCUT2D eigenvalue weighted by Gasteiger charge is -2.45. The number of aromatic amines is 1. The third-order valence-electron chi connectivity index (χ3n) is 8.24. The van der Waals surface area contributed by atoms with Crippen LogP contribution in [-0.2, 0) is 11.3 Å². The summed E-state index contributed by atoms with van der Waals surface area (Å²) in [6.07, 6.45) is 6.06. The van der Waals surface area contributed by atoms with Gasteiger partial charge in [0.25, 0.3) is 5.92 Å². The van der Waals surface area contributed by atoms with Crippen LogP contribution in [0.4, 0.5) is 17.6 Å². The number of halogens is 4. The summed E-state index contributed by atoms with van der Waals surface area (Å²) in [5.74, 6) is -5.02. The Morgan fingerprint density at radius 1 is 1.02 bits per heavy atom. The van der Waals surface area contributed by atoms with Crippen LogP contribution in [0.15, 0.2) is 67.1 Å². The summed E-state index contributed by atoms with van der Waals surface area (Å²) in [7, 11) is 0. The van der Waals surface area contributed by atoms with Crippen LogP contribution in [0.1, 0.15) is 30.0 Å². The van der Waals surface area contributed by atoms with Crippen molar-refractivity contribution in [3.63, 3.8) is 0 Å². The lowest BCUT2D eigenvalue weighted by molar-refractivity contribution is -0.172. The van der Waals surface area contributed by atoms with Crippen molar-refractivity contribution in [2.24, 2.45) is 0 Å². The van der Waals surface area contributed by atoms with Gasteiger partial charge >= 0.3 is 0 Å². The van der Waals surface area contributed by atoms with Gasteiger partial charge in [0.15, 0.2) is 0 Å². The number of nitrogens with one attached hydrogen (secondary N) is 1. The molecule has 0 aliphatic carbocycles. The van der Waals surface area contributed by atoms with E-state index in [4.69, 9.17) is 0 Å². The number of fused-ring (bicyclic) bond motifs is 1. The number of carbonyl (C=O) groups is 1. The number of alkyl halides is 2. The molecule has 220 valence electrons. The molecule has 43 heavy (non-hydrogen) atoms. The Morgan fingerprint density at radius 2 is 1.79 bits per heavy atom. The monoisotopic (exact) mass is 590 g/mol. The highest BCUT2D eigenvalue weighted by molar-refractivity contribution is 5.94. The minimum atomic E-state index is -2.91. The molecule has 0 spiro atoms. The fourth-order valence-electron chi connectivity index (χ4n) is 5.97. The van der Waals surface area contributed by atoms with Crippen molar-refractivity contribution in [2.45, 2.75) is 37.3 Å². The molecule has 13 heteroatoms. The molecule has 2 fully saturated rings. The average molecular weight is 591 g/mol. The van der Waals surface area contributed by atoms with Crippen molar-refractivity contribution in [1.82, 2.24) is 40.0 Å². The molecule has 0 saturated carbocycles. The molecule has 0 unspecified atom stereocenters. The van der Waals surface area contributed by atoms with Crippen LogP contribution in [0.5, 0.6) is 0 Å². The van der Waals surface area contributed by atoms with Crippen molar-refractivity contribution in [2.75, 3.05) is 19.6 Å². The Hall–Kier alpha value is -4.65. The smallest absolute Gasteiger partial charge is 0.282 e. The number of benzene rings is 2. The molecule has 2 atom stereocenters. The van der Waals surface area contributed by atoms with Gasteiger partial charge in [-0.2, -0.15) is 5.10 Å². The van der Waals surface area contributed by atoms with Gasteiger partial charge in [-0.3, -0.25) is 19.8 Å². The van der Waals surface area contributed by atoms with Gasteiger partial charge < -0.3 is 4.90 Å². The Labute approximate surface area is 243 Å². The van der Waals surface area contributed by atoms with Crippen molar-refractivity contribution < 1.29 is 22.4 Å². The Balaban J connectivity index is 1.15. The van der Waals surface area contributed by atoms with Crippen LogP contribution in [0, 0.1) is 11.6 Å². The minimum absolute atomic E-state index is 0.169. The lowest BCUT2D eigenvalue weighted by atomic mass is 9.89. The predicted molar refractivity (Wildman–Crippen MR) is 148 cm³/mol. The van der Waals surface area contributed by atoms with E-state index in [1.807, 2.05) is 30.3 Å². The van der Waals surface area contributed by atoms with Gasteiger partial charge in [-0.05, 0) is 55.3 Å². The topological polar surface area (TPSA) is 95.8 Å². The second-order valence-corrected chi connectivity index (χ2v) is 11.1. The maximum Gasteiger partial charge on any atom is 0.282 e. The van der Waals surface area contributed by atoms with Crippen LogP contribution in [0.3, 0.4) is 0 Å². The molecule has 7 rings (SSSR count). The number of pyridine rings is 1. The number of hydrogen-bond donors (Lipinski definition) is 1. The summed E-state index contributed by atoms with van der Waals surface area (Å²) in [4.78, 5) is 20.1. The molecule has 1 amide bonds. The van der Waals surface area contributed by atoms with Gasteiger partial charge in [0, 0.05) is 47.9 Å². The van der Waals surface area contributed by atoms with E-state index in [0.29, 0.717) is 18.5 Å². The molecule has 2 aromatic carbocycles. The van der Waals surface area contributed by atoms with Gasteiger partial charge in [-0.15, -0.1) is 5.10 Å². The number of rotatable bonds is 6. The number of carbonyl (C=O) groups excluding carboxylic acids is 1. The van der Waals surface area contributed by atoms with E-state index in [1.54, 1.807) is 28.2 Å². The van der Waals surface area contributed by atoms with E-state index in [9.17, 15) is 22.4 Å². The molecule has 2 saturated heterocycles. The number of H-pyrrole nitrogens is 1. The first-order chi connectivity index (χ1) is 20.8. The molecule has 2 aliphatic heterocycles. The maximum atomic E-state index is 14.6. The van der Waals surface area contributed by atoms with Crippen LogP contribution in [-0.4, -0.2) is 77.5 Å². The first-order valence-electron chi connectivity index (χ1n) is 13.9. The van der Waals surface area contributed by atoms with E-state index in [-0.39, 0.29) is 24.6 Å². The molecular weight excluding hydrogens is 564 g/mol. The summed E-state index contributed by atoms with van der Waals surface area (Å²) < 4.78 is 57.9. The Morgan fingerprint density at radius 3 is 2.53 bits per heavy atom. The van der Waals surface area contributed by atoms with Gasteiger partial charge in [0.2, 0.25) is 5.91 Å². The number of likely N-dealkylation sites (tertiary alicyclic amines) is 2. The van der Waals surface area contributed by atoms with Crippen LogP contribution in [0.25, 0.3) is 27.8 Å². The molecule has 0 radical (unpaired) electrons. The van der Waals surface area contributed by atoms with Crippen LogP contribution >= 0.6 is 0 Å². The third kappa shape index (κ3) is 5.13. The first-order valence-corrected chi connectivity index (χ1v) is 13.9. The SMILES string of the molecule is O=C([C@H]1CC[C@H](c2cn(-c3ccc4[nH]nc(-c5ccncc5)c4c3)nn2)CN1Cc1c(F)cccc1F)N1CC(F)(F)C1. The molecular formula is C30H26F4N8O. The van der Waals surface area contributed by atoms with Crippen molar-refractivity contribution in [3.05, 3.63) is 90.0 Å². The summed E-state index contributed by atoms with van der Waals surface area (Å²) in [6.45, 7) is -1.23. The van der Waals surface area contributed by atoms with Gasteiger partial charge in [-0.25, -0.2) is 22.2 Å². The zero-order valence-corrected chi connectivity index (χ0v) is 22.8. The van der Waals surface area contributed by atoms with Crippen LogP contribution < -0.4 is 0 Å². The summed E-state index contributed by atoms with van der Waals surface area (Å²) in [5, 5.41) is 17.1. The number of hydrogen-bond acceptors (Lipinski definition) is 6. The largest absolute Gasteiger partial charge is 0.329 e. The van der Waals surface area contributed by atoms with Crippen molar-refractivity contribution >= 4 is 16.8 Å². The third-order valence-corrected chi connectivity index (χ3v) is 8.24. The minimum Gasteiger partial charge on any atom is -0.329 e. The second kappa shape index (κ2) is 10.6. The highest BCUT2D eigenvalue weighted by Gasteiger charge is 2.49. The van der Waals surface area contributed by atoms with E-state index in [1.165, 1.54) is 6.07 Å². The Bertz CT molecular complexity index is 1780. The van der Waals surface area contributed by atoms with Crippen molar-refractivity contribution in [3.8, 4) is 16.9 Å². The molecule has 3 aromatic heterocycles. The number of piperidine rings is 1. The first kappa shape index (κ1) is 27.2. The number of amides is 1. The molecule has 5 aromatic rings. The van der Waals surface area contributed by atoms with E-state index in [0.717, 1.165) is 44.9 Å².